The molecule has 2 heterocycles. The van der Waals surface area contributed by atoms with Gasteiger partial charge in [-0.2, -0.15) is 0 Å². The fourth-order valence-corrected chi connectivity index (χ4v) is 2.74. The van der Waals surface area contributed by atoms with E-state index in [0.29, 0.717) is 0 Å². The number of carbonyl (C=O) groups excluding carboxylic acids is 1. The first-order valence-electron chi connectivity index (χ1n) is 6.83. The number of nitrogens with zero attached hydrogens (tertiary/aromatic N) is 1. The Balaban J connectivity index is 1.77. The van der Waals surface area contributed by atoms with Crippen LogP contribution in [0.25, 0.3) is 10.9 Å². The van der Waals surface area contributed by atoms with Gasteiger partial charge in [0.05, 0.1) is 5.52 Å². The zero-order chi connectivity index (χ0) is 14.2. The Bertz CT molecular complexity index is 839. The van der Waals surface area contributed by atoms with Crippen LogP contribution < -0.4 is 10.6 Å². The Kier molecular flexibility index (Phi) is 2.60. The summed E-state index contributed by atoms with van der Waals surface area (Å²) in [7, 11) is 0. The predicted octanol–water partition coefficient (Wildman–Crippen LogP) is 3.34. The summed E-state index contributed by atoms with van der Waals surface area (Å²) in [6.45, 7) is 0. The number of nitrogens with one attached hydrogen (secondary N) is 2. The van der Waals surface area contributed by atoms with Gasteiger partial charge in [-0.1, -0.05) is 24.3 Å². The molecule has 0 saturated heterocycles. The van der Waals surface area contributed by atoms with E-state index in [1.807, 2.05) is 54.6 Å². The van der Waals surface area contributed by atoms with Crippen LogP contribution in [-0.4, -0.2) is 10.9 Å². The molecule has 1 amide bonds. The number of benzene rings is 2. The molecule has 4 nitrogen and oxygen atoms in total. The van der Waals surface area contributed by atoms with E-state index in [4.69, 9.17) is 0 Å². The van der Waals surface area contributed by atoms with Gasteiger partial charge in [-0.05, 0) is 30.3 Å². The van der Waals surface area contributed by atoms with E-state index in [1.165, 1.54) is 0 Å². The summed E-state index contributed by atoms with van der Waals surface area (Å²) in [5, 5.41) is 7.25. The Morgan fingerprint density at radius 2 is 1.90 bits per heavy atom. The fraction of sp³-hybridized carbons (Fsp3) is 0.0588. The van der Waals surface area contributed by atoms with Crippen molar-refractivity contribution in [2.24, 2.45) is 0 Å². The summed E-state index contributed by atoms with van der Waals surface area (Å²) >= 11 is 0. The van der Waals surface area contributed by atoms with Crippen LogP contribution in [0.3, 0.4) is 0 Å². The molecule has 0 aliphatic carbocycles. The lowest BCUT2D eigenvalue weighted by Crippen LogP contribution is -2.19. The molecule has 4 rings (SSSR count). The van der Waals surface area contributed by atoms with Crippen LogP contribution in [0, 0.1) is 0 Å². The molecular formula is C17H13N3O. The maximum absolute atomic E-state index is 12.2. The van der Waals surface area contributed by atoms with Gasteiger partial charge in [0.1, 0.15) is 6.04 Å². The molecule has 1 aliphatic heterocycles. The van der Waals surface area contributed by atoms with Gasteiger partial charge in [0.2, 0.25) is 0 Å². The molecule has 0 bridgehead atoms. The number of para-hydroxylation sites is 1. The van der Waals surface area contributed by atoms with Crippen LogP contribution in [-0.2, 0) is 4.79 Å². The average molecular weight is 275 g/mol. The smallest absolute Gasteiger partial charge is 0.251 e. The number of hydrogen-bond donors (Lipinski definition) is 2. The van der Waals surface area contributed by atoms with Gasteiger partial charge in [0, 0.05) is 28.5 Å². The zero-order valence-corrected chi connectivity index (χ0v) is 11.2. The van der Waals surface area contributed by atoms with Gasteiger partial charge in [-0.25, -0.2) is 0 Å². The average Bonchev–Trinajstić information content (AvgIpc) is 2.84. The summed E-state index contributed by atoms with van der Waals surface area (Å²) in [6, 6.07) is 17.2. The molecule has 1 aliphatic rings. The molecular weight excluding hydrogens is 262 g/mol. The number of aromatic nitrogens is 1. The lowest BCUT2D eigenvalue weighted by Gasteiger charge is -2.14. The standard InChI is InChI=1S/C17H13N3O/c21-17-16(12-5-1-2-7-15(12)20-17)19-14-9-3-8-13-11(14)6-4-10-18-13/h1-10,16,19H,(H,20,21). The molecule has 1 aromatic heterocycles. The summed E-state index contributed by atoms with van der Waals surface area (Å²) < 4.78 is 0. The topological polar surface area (TPSA) is 54.0 Å². The minimum Gasteiger partial charge on any atom is -0.369 e. The molecule has 0 fully saturated rings. The Hall–Kier alpha value is -2.88. The third kappa shape index (κ3) is 1.92. The molecule has 0 radical (unpaired) electrons. The molecule has 2 N–H and O–H groups in total. The Morgan fingerprint density at radius 1 is 1.00 bits per heavy atom. The van der Waals surface area contributed by atoms with E-state index in [-0.39, 0.29) is 11.9 Å². The van der Waals surface area contributed by atoms with Gasteiger partial charge in [0.15, 0.2) is 0 Å². The highest BCUT2D eigenvalue weighted by atomic mass is 16.2. The highest BCUT2D eigenvalue weighted by molar-refractivity contribution is 6.05. The van der Waals surface area contributed by atoms with Crippen molar-refractivity contribution in [2.45, 2.75) is 6.04 Å². The highest BCUT2D eigenvalue weighted by Crippen LogP contribution is 2.34. The maximum Gasteiger partial charge on any atom is 0.251 e. The number of amides is 1. The third-order valence-corrected chi connectivity index (χ3v) is 3.74. The van der Waals surface area contributed by atoms with Gasteiger partial charge >= 0.3 is 0 Å². The van der Waals surface area contributed by atoms with Crippen molar-refractivity contribution < 1.29 is 4.79 Å². The van der Waals surface area contributed by atoms with Crippen LogP contribution in [0.4, 0.5) is 11.4 Å². The molecule has 2 aromatic carbocycles. The molecule has 3 aromatic rings. The Labute approximate surface area is 121 Å². The van der Waals surface area contributed by atoms with E-state index in [9.17, 15) is 4.79 Å². The van der Waals surface area contributed by atoms with Crippen LogP contribution in [0.15, 0.2) is 60.8 Å². The number of hydrogen-bond acceptors (Lipinski definition) is 3. The van der Waals surface area contributed by atoms with E-state index < -0.39 is 0 Å². The minimum atomic E-state index is -0.369. The molecule has 1 atom stereocenters. The summed E-state index contributed by atoms with van der Waals surface area (Å²) in [6.07, 6.45) is 1.77. The first kappa shape index (κ1) is 11.9. The van der Waals surface area contributed by atoms with E-state index in [2.05, 4.69) is 15.6 Å². The van der Waals surface area contributed by atoms with Crippen LogP contribution in [0.1, 0.15) is 11.6 Å². The van der Waals surface area contributed by atoms with Crippen molar-refractivity contribution >= 4 is 28.2 Å². The number of pyridine rings is 1. The summed E-state index contributed by atoms with van der Waals surface area (Å²) in [4.78, 5) is 16.5. The first-order chi connectivity index (χ1) is 10.3. The monoisotopic (exact) mass is 275 g/mol. The van der Waals surface area contributed by atoms with E-state index >= 15 is 0 Å². The summed E-state index contributed by atoms with van der Waals surface area (Å²) in [5.74, 6) is -0.0305. The minimum absolute atomic E-state index is 0.0305. The Morgan fingerprint density at radius 3 is 2.86 bits per heavy atom. The third-order valence-electron chi connectivity index (χ3n) is 3.74. The van der Waals surface area contributed by atoms with Crippen molar-refractivity contribution in [2.75, 3.05) is 10.6 Å². The highest BCUT2D eigenvalue weighted by Gasteiger charge is 2.30. The first-order valence-corrected chi connectivity index (χ1v) is 6.83. The van der Waals surface area contributed by atoms with E-state index in [1.54, 1.807) is 6.20 Å². The fourth-order valence-electron chi connectivity index (χ4n) is 2.74. The van der Waals surface area contributed by atoms with Gasteiger partial charge in [-0.15, -0.1) is 0 Å². The van der Waals surface area contributed by atoms with Crippen molar-refractivity contribution in [1.82, 2.24) is 4.98 Å². The second-order valence-corrected chi connectivity index (χ2v) is 5.03. The molecule has 4 heteroatoms. The number of anilines is 2. The van der Waals surface area contributed by atoms with Crippen molar-refractivity contribution in [1.29, 1.82) is 0 Å². The second kappa shape index (κ2) is 4.59. The van der Waals surface area contributed by atoms with Gasteiger partial charge in [-0.3, -0.25) is 9.78 Å². The van der Waals surface area contributed by atoms with Crippen LogP contribution in [0.2, 0.25) is 0 Å². The lowest BCUT2D eigenvalue weighted by molar-refractivity contribution is -0.116. The normalized spacial score (nSPS) is 16.6. The maximum atomic E-state index is 12.2. The van der Waals surface area contributed by atoms with Crippen molar-refractivity contribution in [3.8, 4) is 0 Å². The summed E-state index contributed by atoms with van der Waals surface area (Å²) in [5.41, 5.74) is 3.67. The van der Waals surface area contributed by atoms with Crippen molar-refractivity contribution in [3.63, 3.8) is 0 Å². The van der Waals surface area contributed by atoms with Crippen LogP contribution >= 0.6 is 0 Å². The zero-order valence-electron chi connectivity index (χ0n) is 11.2. The molecule has 1 unspecified atom stereocenters. The van der Waals surface area contributed by atoms with Crippen LogP contribution in [0.5, 0.6) is 0 Å². The number of fused-ring (bicyclic) bond motifs is 2. The van der Waals surface area contributed by atoms with Crippen molar-refractivity contribution in [3.05, 3.63) is 66.4 Å². The molecule has 102 valence electrons. The predicted molar refractivity (Wildman–Crippen MR) is 83.2 cm³/mol. The van der Waals surface area contributed by atoms with Gasteiger partial charge < -0.3 is 10.6 Å². The quantitative estimate of drug-likeness (QED) is 0.754. The van der Waals surface area contributed by atoms with Gasteiger partial charge in [0.25, 0.3) is 5.91 Å². The number of carbonyl (C=O) groups is 1. The molecule has 0 saturated carbocycles. The molecule has 21 heavy (non-hydrogen) atoms. The SMILES string of the molecule is O=C1Nc2ccccc2C1Nc1cccc2ncccc12. The largest absolute Gasteiger partial charge is 0.369 e. The number of rotatable bonds is 2. The molecule has 0 spiro atoms. The lowest BCUT2D eigenvalue weighted by atomic mass is 10.1. The van der Waals surface area contributed by atoms with E-state index in [0.717, 1.165) is 27.8 Å². The second-order valence-electron chi connectivity index (χ2n) is 5.03.